The molecule has 2 N–H and O–H groups in total. The van der Waals surface area contributed by atoms with Crippen LogP contribution in [-0.4, -0.2) is 25.1 Å². The molecule has 0 saturated carbocycles. The zero-order chi connectivity index (χ0) is 15.2. The number of amides is 1. The molecule has 0 aromatic heterocycles. The van der Waals surface area contributed by atoms with Crippen LogP contribution in [0.1, 0.15) is 32.8 Å². The summed E-state index contributed by atoms with van der Waals surface area (Å²) in [6.07, 6.45) is 0.205. The summed E-state index contributed by atoms with van der Waals surface area (Å²) in [4.78, 5) is 11.1. The highest BCUT2D eigenvalue weighted by molar-refractivity contribution is 5.75. The number of rotatable bonds is 6. The Kier molecular flexibility index (Phi) is 5.95. The van der Waals surface area contributed by atoms with Crippen LogP contribution in [0.3, 0.4) is 0 Å². The van der Waals surface area contributed by atoms with Crippen LogP contribution in [0.2, 0.25) is 0 Å². The molecule has 0 unspecified atom stereocenters. The topological polar surface area (TPSA) is 50.4 Å². The van der Waals surface area contributed by atoms with E-state index in [0.29, 0.717) is 6.54 Å². The van der Waals surface area contributed by atoms with Gasteiger partial charge in [0.15, 0.2) is 11.6 Å². The first-order valence-electron chi connectivity index (χ1n) is 6.69. The van der Waals surface area contributed by atoms with Crippen molar-refractivity contribution in [2.45, 2.75) is 39.3 Å². The molecule has 5 heteroatoms. The van der Waals surface area contributed by atoms with Crippen LogP contribution in [0.25, 0.3) is 0 Å². The molecule has 0 fully saturated rings. The van der Waals surface area contributed by atoms with Crippen molar-refractivity contribution < 1.29 is 13.9 Å². The fourth-order valence-corrected chi connectivity index (χ4v) is 1.59. The van der Waals surface area contributed by atoms with E-state index in [9.17, 15) is 9.18 Å². The molecule has 0 radical (unpaired) electrons. The minimum absolute atomic E-state index is 0.0638. The number of nitrogens with one attached hydrogen (secondary N) is 2. The molecular formula is C15H23FN2O2. The fraction of sp³-hybridized carbons (Fsp3) is 0.533. The molecule has 0 atom stereocenters. The van der Waals surface area contributed by atoms with Gasteiger partial charge in [0.1, 0.15) is 0 Å². The number of hydrogen-bond acceptors (Lipinski definition) is 3. The Hall–Kier alpha value is -1.62. The molecule has 0 aliphatic carbocycles. The van der Waals surface area contributed by atoms with E-state index in [2.05, 4.69) is 10.6 Å². The molecule has 0 saturated heterocycles. The van der Waals surface area contributed by atoms with Crippen LogP contribution < -0.4 is 15.4 Å². The Morgan fingerprint density at radius 3 is 2.65 bits per heavy atom. The molecule has 1 amide bonds. The summed E-state index contributed by atoms with van der Waals surface area (Å²) in [6.45, 7) is 6.79. The normalized spacial score (nSPS) is 11.2. The van der Waals surface area contributed by atoms with Crippen molar-refractivity contribution in [3.05, 3.63) is 29.6 Å². The first-order chi connectivity index (χ1) is 9.33. The van der Waals surface area contributed by atoms with Crippen molar-refractivity contribution in [2.24, 2.45) is 0 Å². The average molecular weight is 282 g/mol. The molecule has 0 bridgehead atoms. The maximum Gasteiger partial charge on any atom is 0.223 e. The number of carbonyl (C=O) groups excluding carboxylic acids is 1. The van der Waals surface area contributed by atoms with Gasteiger partial charge in [0.05, 0.1) is 13.0 Å². The summed E-state index contributed by atoms with van der Waals surface area (Å²) in [5.74, 6) is -0.320. The predicted octanol–water partition coefficient (Wildman–Crippen LogP) is 2.23. The highest BCUT2D eigenvalue weighted by atomic mass is 19.1. The summed E-state index contributed by atoms with van der Waals surface area (Å²) in [6, 6.07) is 4.83. The number of halogens is 1. The number of para-hydroxylation sites is 1. The van der Waals surface area contributed by atoms with E-state index in [0.717, 1.165) is 5.56 Å². The Labute approximate surface area is 119 Å². The van der Waals surface area contributed by atoms with Crippen molar-refractivity contribution in [1.29, 1.82) is 0 Å². The summed E-state index contributed by atoms with van der Waals surface area (Å²) in [5.41, 5.74) is 0.683. The number of ether oxygens (including phenoxy) is 1. The zero-order valence-electron chi connectivity index (χ0n) is 12.5. The first-order valence-corrected chi connectivity index (χ1v) is 6.69. The summed E-state index contributed by atoms with van der Waals surface area (Å²) in [7, 11) is 1.56. The predicted molar refractivity (Wildman–Crippen MR) is 77.2 cm³/mol. The monoisotopic (exact) mass is 282 g/mol. The third-order valence-electron chi connectivity index (χ3n) is 2.71. The van der Waals surface area contributed by atoms with E-state index in [-0.39, 0.29) is 30.2 Å². The van der Waals surface area contributed by atoms with Crippen LogP contribution in [0.5, 0.6) is 5.75 Å². The lowest BCUT2D eigenvalue weighted by Crippen LogP contribution is -2.35. The molecule has 4 nitrogen and oxygen atoms in total. The third kappa shape index (κ3) is 5.57. The van der Waals surface area contributed by atoms with E-state index in [1.54, 1.807) is 13.1 Å². The van der Waals surface area contributed by atoms with Gasteiger partial charge in [0.25, 0.3) is 0 Å². The van der Waals surface area contributed by atoms with Gasteiger partial charge in [0.2, 0.25) is 5.91 Å². The first kappa shape index (κ1) is 16.4. The quantitative estimate of drug-likeness (QED) is 0.841. The smallest absolute Gasteiger partial charge is 0.223 e. The third-order valence-corrected chi connectivity index (χ3v) is 2.71. The van der Waals surface area contributed by atoms with Crippen molar-refractivity contribution >= 4 is 5.91 Å². The Balaban J connectivity index is 2.70. The van der Waals surface area contributed by atoms with E-state index in [4.69, 9.17) is 4.74 Å². The van der Waals surface area contributed by atoms with Crippen LogP contribution in [0, 0.1) is 5.82 Å². The van der Waals surface area contributed by atoms with E-state index in [1.807, 2.05) is 26.8 Å². The molecule has 1 rings (SSSR count). The highest BCUT2D eigenvalue weighted by Crippen LogP contribution is 2.23. The average Bonchev–Trinajstić information content (AvgIpc) is 2.37. The largest absolute Gasteiger partial charge is 0.490 e. The van der Waals surface area contributed by atoms with Gasteiger partial charge in [-0.3, -0.25) is 4.79 Å². The number of carbonyl (C=O) groups is 1. The minimum Gasteiger partial charge on any atom is -0.490 e. The SMILES string of the molecule is CNC(=O)CCOc1c(F)cccc1CNC(C)(C)C. The van der Waals surface area contributed by atoms with Crippen LogP contribution in [-0.2, 0) is 11.3 Å². The Morgan fingerprint density at radius 2 is 2.05 bits per heavy atom. The second kappa shape index (κ2) is 7.24. The maximum atomic E-state index is 13.8. The lowest BCUT2D eigenvalue weighted by molar-refractivity contribution is -0.121. The van der Waals surface area contributed by atoms with Gasteiger partial charge in [-0.25, -0.2) is 4.39 Å². The Bertz CT molecular complexity index is 456. The molecule has 1 aromatic carbocycles. The molecule has 20 heavy (non-hydrogen) atoms. The molecule has 0 aliphatic rings. The zero-order valence-corrected chi connectivity index (χ0v) is 12.5. The van der Waals surface area contributed by atoms with Crippen LogP contribution >= 0.6 is 0 Å². The van der Waals surface area contributed by atoms with Crippen LogP contribution in [0.4, 0.5) is 4.39 Å². The second-order valence-corrected chi connectivity index (χ2v) is 5.60. The second-order valence-electron chi connectivity index (χ2n) is 5.60. The minimum atomic E-state index is -0.407. The van der Waals surface area contributed by atoms with Crippen molar-refractivity contribution in [3.63, 3.8) is 0 Å². The summed E-state index contributed by atoms with van der Waals surface area (Å²) >= 11 is 0. The van der Waals surface area contributed by atoms with Gasteiger partial charge in [-0.05, 0) is 26.8 Å². The van der Waals surface area contributed by atoms with E-state index in [1.165, 1.54) is 6.07 Å². The Morgan fingerprint density at radius 1 is 1.35 bits per heavy atom. The van der Waals surface area contributed by atoms with Gasteiger partial charge < -0.3 is 15.4 Å². The molecule has 0 aliphatic heterocycles. The van der Waals surface area contributed by atoms with Crippen molar-refractivity contribution in [2.75, 3.05) is 13.7 Å². The van der Waals surface area contributed by atoms with E-state index < -0.39 is 5.82 Å². The van der Waals surface area contributed by atoms with Gasteiger partial charge >= 0.3 is 0 Å². The molecular weight excluding hydrogens is 259 g/mol. The van der Waals surface area contributed by atoms with Gasteiger partial charge in [-0.2, -0.15) is 0 Å². The summed E-state index contributed by atoms with van der Waals surface area (Å²) in [5, 5.41) is 5.79. The van der Waals surface area contributed by atoms with Gasteiger partial charge in [0, 0.05) is 24.7 Å². The van der Waals surface area contributed by atoms with Gasteiger partial charge in [-0.15, -0.1) is 0 Å². The molecule has 0 heterocycles. The molecule has 112 valence electrons. The van der Waals surface area contributed by atoms with E-state index >= 15 is 0 Å². The number of benzene rings is 1. The van der Waals surface area contributed by atoms with Crippen LogP contribution in [0.15, 0.2) is 18.2 Å². The number of hydrogen-bond donors (Lipinski definition) is 2. The summed E-state index contributed by atoms with van der Waals surface area (Å²) < 4.78 is 19.3. The molecule has 0 spiro atoms. The maximum absolute atomic E-state index is 13.8. The fourth-order valence-electron chi connectivity index (χ4n) is 1.59. The van der Waals surface area contributed by atoms with Gasteiger partial charge in [-0.1, -0.05) is 12.1 Å². The van der Waals surface area contributed by atoms with Crippen molar-refractivity contribution in [1.82, 2.24) is 10.6 Å². The lowest BCUT2D eigenvalue weighted by atomic mass is 10.1. The lowest BCUT2D eigenvalue weighted by Gasteiger charge is -2.21. The molecule has 1 aromatic rings. The standard InChI is InChI=1S/C15H23FN2O2/c1-15(2,3)18-10-11-6-5-7-12(16)14(11)20-9-8-13(19)17-4/h5-7,18H,8-10H2,1-4H3,(H,17,19). The highest BCUT2D eigenvalue weighted by Gasteiger charge is 2.14. The van der Waals surface area contributed by atoms with Crippen molar-refractivity contribution in [3.8, 4) is 5.75 Å².